The molecule has 0 radical (unpaired) electrons. The van der Waals surface area contributed by atoms with E-state index in [2.05, 4.69) is 16.6 Å². The summed E-state index contributed by atoms with van der Waals surface area (Å²) in [5.74, 6) is 5.47. The largest absolute Gasteiger partial charge is 0.385 e. The Kier molecular flexibility index (Phi) is 8.01. The van der Waals surface area contributed by atoms with E-state index in [0.29, 0.717) is 18.7 Å². The highest BCUT2D eigenvalue weighted by Gasteiger charge is 2.16. The molecule has 0 bridgehead atoms. The lowest BCUT2D eigenvalue weighted by atomic mass is 10.2. The molecule has 6 heteroatoms. The summed E-state index contributed by atoms with van der Waals surface area (Å²) < 4.78 is 32.1. The van der Waals surface area contributed by atoms with Gasteiger partial charge in [-0.2, -0.15) is 0 Å². The molecule has 0 amide bonds. The van der Waals surface area contributed by atoms with Crippen LogP contribution in [-0.2, 0) is 14.8 Å². The minimum absolute atomic E-state index is 0.196. The van der Waals surface area contributed by atoms with Gasteiger partial charge in [0.05, 0.1) is 11.4 Å². The van der Waals surface area contributed by atoms with Gasteiger partial charge in [0.15, 0.2) is 0 Å². The summed E-state index contributed by atoms with van der Waals surface area (Å²) in [5, 5.41) is 0. The molecule has 0 spiro atoms. The Labute approximate surface area is 126 Å². The molecule has 3 N–H and O–H groups in total. The van der Waals surface area contributed by atoms with Crippen molar-refractivity contribution in [2.45, 2.75) is 24.2 Å². The summed E-state index contributed by atoms with van der Waals surface area (Å²) in [4.78, 5) is 0.197. The first-order valence-electron chi connectivity index (χ1n) is 6.88. The van der Waals surface area contributed by atoms with Gasteiger partial charge in [-0.3, -0.25) is 0 Å². The minimum Gasteiger partial charge on any atom is -0.385 e. The van der Waals surface area contributed by atoms with Gasteiger partial charge >= 0.3 is 0 Å². The highest BCUT2D eigenvalue weighted by molar-refractivity contribution is 7.89. The first kappa shape index (κ1) is 17.7. The normalized spacial score (nSPS) is 11.0. The second-order valence-electron chi connectivity index (χ2n) is 4.45. The van der Waals surface area contributed by atoms with Crippen LogP contribution in [0.4, 0.5) is 0 Å². The molecule has 21 heavy (non-hydrogen) atoms. The zero-order valence-electron chi connectivity index (χ0n) is 12.3. The maximum absolute atomic E-state index is 12.3. The monoisotopic (exact) mass is 310 g/mol. The molecule has 0 fully saturated rings. The number of nitrogens with two attached hydrogens (primary N) is 1. The molecule has 0 aliphatic carbocycles. The molecular formula is C15H22N2O3S. The standard InChI is InChI=1S/C15H22N2O3S/c1-20-13-6-2-5-12-17-21(18,19)15-10-4-3-8-14(15)9-7-11-16/h3-4,8,10,17H,2,5-6,11-13,16H2,1H3. The minimum atomic E-state index is -3.54. The van der Waals surface area contributed by atoms with Crippen molar-refractivity contribution in [3.05, 3.63) is 29.8 Å². The van der Waals surface area contributed by atoms with Gasteiger partial charge in [0.25, 0.3) is 0 Å². The van der Waals surface area contributed by atoms with Gasteiger partial charge < -0.3 is 10.5 Å². The fraction of sp³-hybridized carbons (Fsp3) is 0.467. The fourth-order valence-corrected chi connectivity index (χ4v) is 3.02. The molecule has 0 saturated carbocycles. The van der Waals surface area contributed by atoms with Crippen LogP contribution in [0.15, 0.2) is 29.2 Å². The Balaban J connectivity index is 2.66. The highest BCUT2D eigenvalue weighted by atomic mass is 32.2. The molecule has 0 unspecified atom stereocenters. The lowest BCUT2D eigenvalue weighted by Gasteiger charge is -2.08. The lowest BCUT2D eigenvalue weighted by Crippen LogP contribution is -2.25. The molecule has 0 atom stereocenters. The van der Waals surface area contributed by atoms with Crippen LogP contribution in [0.3, 0.4) is 0 Å². The van der Waals surface area contributed by atoms with Crippen LogP contribution >= 0.6 is 0 Å². The Morgan fingerprint density at radius 1 is 1.24 bits per heavy atom. The summed E-state index contributed by atoms with van der Waals surface area (Å²) in [7, 11) is -1.88. The quantitative estimate of drug-likeness (QED) is 0.556. The molecule has 1 aromatic rings. The molecule has 0 aliphatic heterocycles. The van der Waals surface area contributed by atoms with Crippen molar-refractivity contribution in [1.29, 1.82) is 0 Å². The third kappa shape index (κ3) is 6.27. The first-order chi connectivity index (χ1) is 10.1. The summed E-state index contributed by atoms with van der Waals surface area (Å²) in [6.45, 7) is 1.30. The third-order valence-electron chi connectivity index (χ3n) is 2.82. The fourth-order valence-electron chi connectivity index (χ4n) is 1.78. The van der Waals surface area contributed by atoms with Gasteiger partial charge in [-0.05, 0) is 31.4 Å². The zero-order valence-corrected chi connectivity index (χ0v) is 13.1. The van der Waals surface area contributed by atoms with E-state index in [-0.39, 0.29) is 11.4 Å². The molecule has 0 aliphatic rings. The lowest BCUT2D eigenvalue weighted by molar-refractivity contribution is 0.192. The maximum atomic E-state index is 12.3. The van der Waals surface area contributed by atoms with E-state index in [1.54, 1.807) is 31.4 Å². The molecule has 0 aromatic heterocycles. The van der Waals surface area contributed by atoms with Crippen molar-refractivity contribution in [2.24, 2.45) is 5.73 Å². The highest BCUT2D eigenvalue weighted by Crippen LogP contribution is 2.14. The van der Waals surface area contributed by atoms with Crippen LogP contribution < -0.4 is 10.5 Å². The van der Waals surface area contributed by atoms with Crippen molar-refractivity contribution < 1.29 is 13.2 Å². The van der Waals surface area contributed by atoms with E-state index in [0.717, 1.165) is 19.3 Å². The summed E-state index contributed by atoms with van der Waals surface area (Å²) in [5.41, 5.74) is 5.79. The smallest absolute Gasteiger partial charge is 0.241 e. The number of hydrogen-bond acceptors (Lipinski definition) is 4. The first-order valence-corrected chi connectivity index (χ1v) is 8.36. The Bertz CT molecular complexity index is 588. The predicted molar refractivity (Wildman–Crippen MR) is 83.3 cm³/mol. The molecular weight excluding hydrogens is 288 g/mol. The SMILES string of the molecule is COCCCCCNS(=O)(=O)c1ccccc1C#CCN. The molecule has 1 rings (SSSR count). The molecule has 5 nitrogen and oxygen atoms in total. The number of benzene rings is 1. The predicted octanol–water partition coefficient (Wildman–Crippen LogP) is 1.09. The van der Waals surface area contributed by atoms with Crippen LogP contribution in [0.1, 0.15) is 24.8 Å². The van der Waals surface area contributed by atoms with Crippen LogP contribution in [0.5, 0.6) is 0 Å². The molecule has 116 valence electrons. The zero-order chi connectivity index (χ0) is 15.6. The number of rotatable bonds is 8. The second kappa shape index (κ2) is 9.53. The number of unbranched alkanes of at least 4 members (excludes halogenated alkanes) is 2. The van der Waals surface area contributed by atoms with Crippen molar-refractivity contribution in [2.75, 3.05) is 26.8 Å². The van der Waals surface area contributed by atoms with Crippen LogP contribution in [0.2, 0.25) is 0 Å². The number of ether oxygens (including phenoxy) is 1. The summed E-state index contributed by atoms with van der Waals surface area (Å²) in [6.07, 6.45) is 2.63. The van der Waals surface area contributed by atoms with Crippen LogP contribution in [0.25, 0.3) is 0 Å². The van der Waals surface area contributed by atoms with E-state index < -0.39 is 10.0 Å². The number of sulfonamides is 1. The van der Waals surface area contributed by atoms with Crippen molar-refractivity contribution >= 4 is 10.0 Å². The van der Waals surface area contributed by atoms with Crippen LogP contribution in [-0.4, -0.2) is 35.2 Å². The molecule has 0 saturated heterocycles. The van der Waals surface area contributed by atoms with Gasteiger partial charge in [0.2, 0.25) is 10.0 Å². The Hall–Kier alpha value is -1.39. The van der Waals surface area contributed by atoms with Gasteiger partial charge in [0.1, 0.15) is 0 Å². The number of hydrogen-bond donors (Lipinski definition) is 2. The molecule has 1 aromatic carbocycles. The van der Waals surface area contributed by atoms with E-state index in [4.69, 9.17) is 10.5 Å². The van der Waals surface area contributed by atoms with E-state index >= 15 is 0 Å². The number of methoxy groups -OCH3 is 1. The van der Waals surface area contributed by atoms with E-state index in [9.17, 15) is 8.42 Å². The topological polar surface area (TPSA) is 81.4 Å². The summed E-state index contributed by atoms with van der Waals surface area (Å²) >= 11 is 0. The number of nitrogens with one attached hydrogen (secondary N) is 1. The Morgan fingerprint density at radius 2 is 2.00 bits per heavy atom. The van der Waals surface area contributed by atoms with Crippen LogP contribution in [0, 0.1) is 11.8 Å². The average Bonchev–Trinajstić information content (AvgIpc) is 2.49. The maximum Gasteiger partial charge on any atom is 0.241 e. The van der Waals surface area contributed by atoms with Crippen molar-refractivity contribution in [1.82, 2.24) is 4.72 Å². The third-order valence-corrected chi connectivity index (χ3v) is 4.34. The van der Waals surface area contributed by atoms with E-state index in [1.807, 2.05) is 0 Å². The van der Waals surface area contributed by atoms with Gasteiger partial charge in [-0.15, -0.1) is 0 Å². The molecule has 0 heterocycles. The van der Waals surface area contributed by atoms with Gasteiger partial charge in [-0.25, -0.2) is 13.1 Å². The van der Waals surface area contributed by atoms with Gasteiger partial charge in [0, 0.05) is 25.8 Å². The van der Waals surface area contributed by atoms with Crippen molar-refractivity contribution in [3.8, 4) is 11.8 Å². The Morgan fingerprint density at radius 3 is 2.71 bits per heavy atom. The van der Waals surface area contributed by atoms with Crippen molar-refractivity contribution in [3.63, 3.8) is 0 Å². The van der Waals surface area contributed by atoms with Gasteiger partial charge in [-0.1, -0.05) is 24.0 Å². The average molecular weight is 310 g/mol. The summed E-state index contributed by atoms with van der Waals surface area (Å²) in [6, 6.07) is 6.66. The van der Waals surface area contributed by atoms with E-state index in [1.165, 1.54) is 0 Å². The second-order valence-corrected chi connectivity index (χ2v) is 6.19.